The number of methoxy groups -OCH3 is 1. The van der Waals surface area contributed by atoms with Gasteiger partial charge >= 0.3 is 5.97 Å². The van der Waals surface area contributed by atoms with Gasteiger partial charge in [-0.2, -0.15) is 0 Å². The third-order valence-electron chi connectivity index (χ3n) is 3.45. The molecule has 0 aliphatic heterocycles. The van der Waals surface area contributed by atoms with E-state index < -0.39 is 0 Å². The molecule has 0 heterocycles. The third kappa shape index (κ3) is 3.00. The number of carbonyl (C=O) groups is 1. The Labute approximate surface area is 106 Å². The van der Waals surface area contributed by atoms with Crippen LogP contribution in [0.5, 0.6) is 5.75 Å². The van der Waals surface area contributed by atoms with Crippen molar-refractivity contribution in [2.75, 3.05) is 13.7 Å². The Bertz CT molecular complexity index is 415. The van der Waals surface area contributed by atoms with E-state index in [2.05, 4.69) is 0 Å². The number of halogens is 1. The predicted octanol–water partition coefficient (Wildman–Crippen LogP) is 2.79. The zero-order valence-electron chi connectivity index (χ0n) is 10.4. The van der Waals surface area contributed by atoms with Crippen LogP contribution in [0.25, 0.3) is 0 Å². The highest BCUT2D eigenvalue weighted by Gasteiger charge is 2.33. The third-order valence-corrected chi connectivity index (χ3v) is 3.45. The largest absolute Gasteiger partial charge is 0.493 e. The van der Waals surface area contributed by atoms with Crippen LogP contribution in [0.1, 0.15) is 19.3 Å². The van der Waals surface area contributed by atoms with E-state index in [4.69, 9.17) is 9.47 Å². The summed E-state index contributed by atoms with van der Waals surface area (Å²) in [6.45, 7) is 0.251. The van der Waals surface area contributed by atoms with E-state index in [9.17, 15) is 9.18 Å². The minimum atomic E-state index is -0.342. The molecule has 0 amide bonds. The summed E-state index contributed by atoms with van der Waals surface area (Å²) in [7, 11) is 1.39. The minimum absolute atomic E-state index is 0.240. The van der Waals surface area contributed by atoms with E-state index in [0.29, 0.717) is 11.7 Å². The lowest BCUT2D eigenvalue weighted by atomic mass is 9.76. The van der Waals surface area contributed by atoms with Gasteiger partial charge in [0.1, 0.15) is 18.2 Å². The fourth-order valence-electron chi connectivity index (χ4n) is 2.13. The van der Waals surface area contributed by atoms with Crippen molar-refractivity contribution in [3.63, 3.8) is 0 Å². The van der Waals surface area contributed by atoms with Gasteiger partial charge < -0.3 is 9.47 Å². The zero-order chi connectivity index (χ0) is 13.0. The Morgan fingerprint density at radius 1 is 1.50 bits per heavy atom. The number of rotatable bonds is 5. The van der Waals surface area contributed by atoms with Gasteiger partial charge in [-0.25, -0.2) is 4.39 Å². The second-order valence-electron chi connectivity index (χ2n) is 4.59. The normalized spacial score (nSPS) is 16.8. The summed E-state index contributed by atoms with van der Waals surface area (Å²) in [5, 5.41) is 0. The Morgan fingerprint density at radius 3 is 2.83 bits per heavy atom. The molecule has 1 aromatic carbocycles. The lowest BCUT2D eigenvalue weighted by Crippen LogP contribution is -2.34. The van der Waals surface area contributed by atoms with Gasteiger partial charge in [-0.3, -0.25) is 4.79 Å². The van der Waals surface area contributed by atoms with E-state index in [1.54, 1.807) is 12.1 Å². The smallest absolute Gasteiger partial charge is 0.312 e. The predicted molar refractivity (Wildman–Crippen MR) is 64.7 cm³/mol. The molecular weight excluding hydrogens is 235 g/mol. The van der Waals surface area contributed by atoms with Crippen LogP contribution < -0.4 is 4.74 Å². The molecule has 98 valence electrons. The van der Waals surface area contributed by atoms with Gasteiger partial charge in [-0.1, -0.05) is 12.5 Å². The van der Waals surface area contributed by atoms with E-state index in [1.165, 1.54) is 19.2 Å². The van der Waals surface area contributed by atoms with Crippen LogP contribution in [0.15, 0.2) is 24.3 Å². The lowest BCUT2D eigenvalue weighted by Gasteiger charge is -2.31. The van der Waals surface area contributed by atoms with Crippen LogP contribution in [0.4, 0.5) is 4.39 Å². The van der Waals surface area contributed by atoms with E-state index in [0.717, 1.165) is 19.3 Å². The Kier molecular flexibility index (Phi) is 4.18. The Hall–Kier alpha value is -1.58. The fraction of sp³-hybridized carbons (Fsp3) is 0.500. The van der Waals surface area contributed by atoms with Gasteiger partial charge in [0.05, 0.1) is 13.0 Å². The number of carbonyl (C=O) groups excluding carboxylic acids is 1. The minimum Gasteiger partial charge on any atom is -0.493 e. The van der Waals surface area contributed by atoms with Crippen LogP contribution in [-0.2, 0) is 9.53 Å². The summed E-state index contributed by atoms with van der Waals surface area (Å²) < 4.78 is 23.3. The Balaban J connectivity index is 1.94. The second-order valence-corrected chi connectivity index (χ2v) is 4.59. The van der Waals surface area contributed by atoms with Crippen molar-refractivity contribution in [3.05, 3.63) is 30.1 Å². The summed E-state index contributed by atoms with van der Waals surface area (Å²) >= 11 is 0. The maximum absolute atomic E-state index is 13.0. The number of hydrogen-bond donors (Lipinski definition) is 0. The summed E-state index contributed by atoms with van der Waals surface area (Å²) in [4.78, 5) is 11.7. The molecule has 1 aromatic rings. The molecule has 4 heteroatoms. The van der Waals surface area contributed by atoms with Gasteiger partial charge in [0.15, 0.2) is 0 Å². The summed E-state index contributed by atoms with van der Waals surface area (Å²) in [6.07, 6.45) is 3.22. The van der Waals surface area contributed by atoms with Gasteiger partial charge in [0.25, 0.3) is 0 Å². The quantitative estimate of drug-likeness (QED) is 0.756. The zero-order valence-corrected chi connectivity index (χ0v) is 10.4. The summed E-state index contributed by atoms with van der Waals surface area (Å²) in [5.41, 5.74) is 0. The fourth-order valence-corrected chi connectivity index (χ4v) is 2.13. The van der Waals surface area contributed by atoms with Crippen molar-refractivity contribution in [3.8, 4) is 5.75 Å². The van der Waals surface area contributed by atoms with E-state index in [1.807, 2.05) is 0 Å². The number of benzene rings is 1. The van der Waals surface area contributed by atoms with Crippen LogP contribution in [-0.4, -0.2) is 19.7 Å². The highest BCUT2D eigenvalue weighted by molar-refractivity contribution is 5.73. The molecule has 1 fully saturated rings. The SMILES string of the molecule is COC(=O)C(COc1cccc(F)c1)C1CCC1. The maximum Gasteiger partial charge on any atom is 0.312 e. The molecular formula is C14H17FO3. The molecule has 0 radical (unpaired) electrons. The molecule has 1 unspecified atom stereocenters. The first-order valence-corrected chi connectivity index (χ1v) is 6.17. The highest BCUT2D eigenvalue weighted by atomic mass is 19.1. The average Bonchev–Trinajstić information content (AvgIpc) is 2.31. The van der Waals surface area contributed by atoms with Crippen LogP contribution >= 0.6 is 0 Å². The van der Waals surface area contributed by atoms with Crippen molar-refractivity contribution in [1.82, 2.24) is 0 Å². The number of hydrogen-bond acceptors (Lipinski definition) is 3. The standard InChI is InChI=1S/C14H17FO3/c1-17-14(16)13(10-4-2-5-10)9-18-12-7-3-6-11(15)8-12/h3,6-8,10,13H,2,4-5,9H2,1H3. The molecule has 0 bridgehead atoms. The molecule has 0 spiro atoms. The van der Waals surface area contributed by atoms with Gasteiger partial charge in [0, 0.05) is 6.07 Å². The van der Waals surface area contributed by atoms with Crippen LogP contribution in [0, 0.1) is 17.7 Å². The molecule has 1 aliphatic carbocycles. The molecule has 0 N–H and O–H groups in total. The van der Waals surface area contributed by atoms with Crippen molar-refractivity contribution in [2.24, 2.45) is 11.8 Å². The van der Waals surface area contributed by atoms with Crippen LogP contribution in [0.2, 0.25) is 0 Å². The number of esters is 1. The first kappa shape index (κ1) is 12.9. The van der Waals surface area contributed by atoms with Gasteiger partial charge in [-0.05, 0) is 30.9 Å². The molecule has 1 saturated carbocycles. The number of ether oxygens (including phenoxy) is 2. The monoisotopic (exact) mass is 252 g/mol. The van der Waals surface area contributed by atoms with Gasteiger partial charge in [-0.15, -0.1) is 0 Å². The van der Waals surface area contributed by atoms with Gasteiger partial charge in [0.2, 0.25) is 0 Å². The summed E-state index contributed by atoms with van der Waals surface area (Å²) in [6, 6.07) is 5.94. The van der Waals surface area contributed by atoms with Crippen molar-refractivity contribution in [1.29, 1.82) is 0 Å². The molecule has 1 atom stereocenters. The van der Waals surface area contributed by atoms with Crippen LogP contribution in [0.3, 0.4) is 0 Å². The second kappa shape index (κ2) is 5.85. The molecule has 18 heavy (non-hydrogen) atoms. The molecule has 0 saturated heterocycles. The van der Waals surface area contributed by atoms with Crippen molar-refractivity contribution >= 4 is 5.97 Å². The van der Waals surface area contributed by atoms with Crippen molar-refractivity contribution < 1.29 is 18.7 Å². The molecule has 2 rings (SSSR count). The average molecular weight is 252 g/mol. The lowest BCUT2D eigenvalue weighted by molar-refractivity contribution is -0.150. The Morgan fingerprint density at radius 2 is 2.28 bits per heavy atom. The van der Waals surface area contributed by atoms with Crippen molar-refractivity contribution in [2.45, 2.75) is 19.3 Å². The first-order chi connectivity index (χ1) is 8.70. The molecule has 1 aliphatic rings. The molecule has 0 aromatic heterocycles. The molecule has 3 nitrogen and oxygen atoms in total. The first-order valence-electron chi connectivity index (χ1n) is 6.17. The topological polar surface area (TPSA) is 35.5 Å². The summed E-state index contributed by atoms with van der Waals surface area (Å²) in [5.74, 6) is -0.0388. The van der Waals surface area contributed by atoms with E-state index >= 15 is 0 Å². The van der Waals surface area contributed by atoms with E-state index in [-0.39, 0.29) is 24.3 Å². The maximum atomic E-state index is 13.0. The highest BCUT2D eigenvalue weighted by Crippen LogP contribution is 2.34.